The number of imidazole rings is 1. The van der Waals surface area contributed by atoms with Crippen LogP contribution >= 0.6 is 0 Å². The number of aromatic hydroxyl groups is 1. The molecule has 0 spiro atoms. The summed E-state index contributed by atoms with van der Waals surface area (Å²) in [6.07, 6.45) is 12.3. The number of phenols is 1. The van der Waals surface area contributed by atoms with E-state index in [-0.39, 0.29) is 11.0 Å². The van der Waals surface area contributed by atoms with Gasteiger partial charge in [-0.3, -0.25) is 0 Å². The summed E-state index contributed by atoms with van der Waals surface area (Å²) in [4.78, 5) is 7.49. The van der Waals surface area contributed by atoms with Crippen LogP contribution in [-0.2, 0) is 11.8 Å². The van der Waals surface area contributed by atoms with Gasteiger partial charge < -0.3 is 14.8 Å². The van der Waals surface area contributed by atoms with Gasteiger partial charge >= 0.3 is 0 Å². The second kappa shape index (κ2) is 7.79. The summed E-state index contributed by atoms with van der Waals surface area (Å²) < 4.78 is 6.51. The molecule has 0 fully saturated rings. The van der Waals surface area contributed by atoms with Crippen LogP contribution in [0.1, 0.15) is 89.6 Å². The van der Waals surface area contributed by atoms with Gasteiger partial charge in [0.25, 0.3) is 0 Å². The number of aromatic amines is 1. The van der Waals surface area contributed by atoms with Crippen molar-refractivity contribution < 1.29 is 9.84 Å². The Balaban J connectivity index is 1.54. The first-order valence-electron chi connectivity index (χ1n) is 11.4. The lowest BCUT2D eigenvalue weighted by Gasteiger charge is -2.47. The first kappa shape index (κ1) is 21.0. The van der Waals surface area contributed by atoms with Crippen molar-refractivity contribution in [3.05, 3.63) is 53.1 Å². The van der Waals surface area contributed by atoms with Gasteiger partial charge in [0.15, 0.2) is 0 Å². The summed E-state index contributed by atoms with van der Waals surface area (Å²) in [7, 11) is 0. The van der Waals surface area contributed by atoms with Crippen LogP contribution in [0, 0.1) is 5.92 Å². The van der Waals surface area contributed by atoms with Gasteiger partial charge in [0.1, 0.15) is 22.9 Å². The van der Waals surface area contributed by atoms with E-state index in [1.165, 1.54) is 5.57 Å². The highest BCUT2D eigenvalue weighted by Crippen LogP contribution is 2.54. The van der Waals surface area contributed by atoms with Gasteiger partial charge in [-0.25, -0.2) is 4.98 Å². The van der Waals surface area contributed by atoms with E-state index in [4.69, 9.17) is 4.74 Å². The number of aryl methyl sites for hydroxylation is 1. The molecule has 0 saturated carbocycles. The molecule has 1 aromatic heterocycles. The number of fused-ring (bicyclic) bond motifs is 3. The summed E-state index contributed by atoms with van der Waals surface area (Å²) in [5.74, 6) is 3.08. The predicted molar refractivity (Wildman–Crippen MR) is 121 cm³/mol. The number of hydrogen-bond acceptors (Lipinski definition) is 3. The van der Waals surface area contributed by atoms with Crippen molar-refractivity contribution in [3.8, 4) is 11.5 Å². The van der Waals surface area contributed by atoms with E-state index < -0.39 is 0 Å². The van der Waals surface area contributed by atoms with Crippen molar-refractivity contribution in [1.29, 1.82) is 0 Å². The number of nitrogens with one attached hydrogen (secondary N) is 1. The van der Waals surface area contributed by atoms with Crippen LogP contribution in [0.4, 0.5) is 0 Å². The molecule has 162 valence electrons. The lowest BCUT2D eigenvalue weighted by molar-refractivity contribution is 0.00741. The van der Waals surface area contributed by atoms with Crippen LogP contribution in [0.25, 0.3) is 0 Å². The van der Waals surface area contributed by atoms with Crippen LogP contribution in [0.3, 0.4) is 0 Å². The van der Waals surface area contributed by atoms with E-state index in [0.717, 1.165) is 61.2 Å². The van der Waals surface area contributed by atoms with Crippen molar-refractivity contribution in [2.24, 2.45) is 5.92 Å². The van der Waals surface area contributed by atoms with E-state index in [2.05, 4.69) is 56.7 Å². The van der Waals surface area contributed by atoms with Gasteiger partial charge in [0.05, 0.1) is 0 Å². The molecule has 0 bridgehead atoms. The fourth-order valence-corrected chi connectivity index (χ4v) is 5.39. The number of nitrogens with zero attached hydrogens (tertiary/aromatic N) is 1. The molecule has 4 nitrogen and oxygen atoms in total. The first-order chi connectivity index (χ1) is 14.2. The maximum atomic E-state index is 11.1. The predicted octanol–water partition coefficient (Wildman–Crippen LogP) is 6.42. The summed E-state index contributed by atoms with van der Waals surface area (Å²) >= 11 is 0. The van der Waals surface area contributed by atoms with Crippen LogP contribution in [0.2, 0.25) is 0 Å². The number of aromatic nitrogens is 2. The molecule has 0 radical (unpaired) electrons. The normalized spacial score (nSPS) is 22.6. The number of unbranched alkanes of at least 4 members (excludes halogenated alkanes) is 1. The van der Waals surface area contributed by atoms with E-state index in [0.29, 0.717) is 17.6 Å². The van der Waals surface area contributed by atoms with E-state index >= 15 is 0 Å². The van der Waals surface area contributed by atoms with Crippen molar-refractivity contribution in [2.45, 2.75) is 90.1 Å². The summed E-state index contributed by atoms with van der Waals surface area (Å²) in [5, 5.41) is 11.1. The zero-order chi connectivity index (χ0) is 21.5. The third kappa shape index (κ3) is 4.01. The van der Waals surface area contributed by atoms with Crippen molar-refractivity contribution in [3.63, 3.8) is 0 Å². The van der Waals surface area contributed by atoms with Crippen LogP contribution in [0.5, 0.6) is 11.5 Å². The third-order valence-corrected chi connectivity index (χ3v) is 7.31. The Kier molecular flexibility index (Phi) is 5.46. The Morgan fingerprint density at radius 3 is 2.80 bits per heavy atom. The largest absolute Gasteiger partial charge is 0.508 e. The molecular weight excluding hydrogens is 372 g/mol. The zero-order valence-corrected chi connectivity index (χ0v) is 19.1. The van der Waals surface area contributed by atoms with Gasteiger partial charge in [0.2, 0.25) is 0 Å². The van der Waals surface area contributed by atoms with E-state index in [1.54, 1.807) is 0 Å². The molecule has 4 heteroatoms. The van der Waals surface area contributed by atoms with Gasteiger partial charge in [-0.1, -0.05) is 31.9 Å². The SMILES string of the molecule is CC1=CC[C@@H]2[C@@H](C1)c1c(O)cc(C(C)(C)CCCCc3ncc[nH]3)cc1OC2(C)C. The van der Waals surface area contributed by atoms with Crippen molar-refractivity contribution in [1.82, 2.24) is 9.97 Å². The second-order valence-electron chi connectivity index (χ2n) is 10.4. The number of rotatable bonds is 6. The van der Waals surface area contributed by atoms with E-state index in [9.17, 15) is 5.11 Å². The second-order valence-corrected chi connectivity index (χ2v) is 10.4. The number of hydrogen-bond donors (Lipinski definition) is 2. The molecule has 2 N–H and O–H groups in total. The number of benzene rings is 1. The summed E-state index contributed by atoms with van der Waals surface area (Å²) in [6.45, 7) is 11.1. The minimum Gasteiger partial charge on any atom is -0.508 e. The van der Waals surface area contributed by atoms with Crippen LogP contribution < -0.4 is 4.74 Å². The molecule has 30 heavy (non-hydrogen) atoms. The zero-order valence-electron chi connectivity index (χ0n) is 19.1. The summed E-state index contributed by atoms with van der Waals surface area (Å²) in [6, 6.07) is 4.20. The lowest BCUT2D eigenvalue weighted by atomic mass is 9.66. The van der Waals surface area contributed by atoms with Crippen LogP contribution in [-0.4, -0.2) is 20.7 Å². The van der Waals surface area contributed by atoms with Gasteiger partial charge in [0, 0.05) is 36.2 Å². The molecule has 2 aromatic rings. The smallest absolute Gasteiger partial charge is 0.127 e. The van der Waals surface area contributed by atoms with Crippen molar-refractivity contribution >= 4 is 0 Å². The quantitative estimate of drug-likeness (QED) is 0.428. The monoisotopic (exact) mass is 408 g/mol. The highest BCUT2D eigenvalue weighted by Gasteiger charge is 2.46. The topological polar surface area (TPSA) is 58.1 Å². The molecule has 1 aliphatic carbocycles. The Hall–Kier alpha value is -2.23. The molecule has 0 saturated heterocycles. The Morgan fingerprint density at radius 1 is 1.27 bits per heavy atom. The third-order valence-electron chi connectivity index (χ3n) is 7.31. The molecule has 1 aromatic carbocycles. The van der Waals surface area contributed by atoms with Gasteiger partial charge in [-0.15, -0.1) is 0 Å². The van der Waals surface area contributed by atoms with Gasteiger partial charge in [-0.2, -0.15) is 0 Å². The first-order valence-corrected chi connectivity index (χ1v) is 11.4. The molecule has 2 heterocycles. The van der Waals surface area contributed by atoms with Gasteiger partial charge in [-0.05, 0) is 69.6 Å². The highest BCUT2D eigenvalue weighted by atomic mass is 16.5. The molecule has 0 unspecified atom stereocenters. The highest BCUT2D eigenvalue weighted by molar-refractivity contribution is 5.54. The number of phenolic OH excluding ortho intramolecular Hbond substituents is 1. The average molecular weight is 409 g/mol. The fraction of sp³-hybridized carbons (Fsp3) is 0.577. The molecule has 4 rings (SSSR count). The van der Waals surface area contributed by atoms with Crippen LogP contribution in [0.15, 0.2) is 36.2 Å². The number of H-pyrrole nitrogens is 1. The number of ether oxygens (including phenoxy) is 1. The average Bonchev–Trinajstić information content (AvgIpc) is 3.17. The lowest BCUT2D eigenvalue weighted by Crippen LogP contribution is -2.45. The standard InChI is InChI=1S/C26H36N2O2/c1-17-9-10-20-19(14-17)24-21(29)15-18(16-22(24)30-26(20,4)5)25(2,3)11-7-6-8-23-27-12-13-28-23/h9,12-13,15-16,19-20,29H,6-8,10-11,14H2,1-5H3,(H,27,28)/t19-,20-/m1/s1. The van der Waals surface area contributed by atoms with E-state index in [1.807, 2.05) is 18.5 Å². The maximum absolute atomic E-state index is 11.1. The Labute approximate surface area is 180 Å². The summed E-state index contributed by atoms with van der Waals surface area (Å²) in [5.41, 5.74) is 3.34. The fourth-order valence-electron chi connectivity index (χ4n) is 5.39. The minimum absolute atomic E-state index is 0.0254. The Morgan fingerprint density at radius 2 is 2.07 bits per heavy atom. The molecule has 0 amide bonds. The minimum atomic E-state index is -0.229. The maximum Gasteiger partial charge on any atom is 0.127 e. The molecule has 1 aliphatic heterocycles. The molecule has 2 aliphatic rings. The Bertz CT molecular complexity index is 925. The molecule has 2 atom stereocenters. The number of allylic oxidation sites excluding steroid dienone is 2. The molecular formula is C26H36N2O2. The van der Waals surface area contributed by atoms with Crippen molar-refractivity contribution in [2.75, 3.05) is 0 Å².